The maximum atomic E-state index is 13.4. The standard InChI is InChI=1S/C29H31N7O3S/c1-20-16-27(34-12-14-35(15-13-34)29-30-10-5-11-31-29)33-25-9-8-23(18-24(20)25)32-28(37)26-17-21-6-3-4-7-22(21)19-36(26)40(2,38)39/h3-11,16,18,26H,12-15,17,19H2,1-2H3,(H,32,37). The predicted molar refractivity (Wildman–Crippen MR) is 156 cm³/mol. The van der Waals surface area contributed by atoms with Crippen molar-refractivity contribution in [3.63, 3.8) is 0 Å². The Morgan fingerprint density at radius 1 is 0.925 bits per heavy atom. The topological polar surface area (TPSA) is 112 Å². The van der Waals surface area contributed by atoms with Crippen molar-refractivity contribution in [2.45, 2.75) is 25.9 Å². The summed E-state index contributed by atoms with van der Waals surface area (Å²) in [6, 6.07) is 16.4. The molecule has 0 bridgehead atoms. The number of piperazine rings is 1. The van der Waals surface area contributed by atoms with Crippen LogP contribution in [-0.4, -0.2) is 72.1 Å². The smallest absolute Gasteiger partial charge is 0.243 e. The molecule has 0 radical (unpaired) electrons. The van der Waals surface area contributed by atoms with E-state index in [9.17, 15) is 13.2 Å². The van der Waals surface area contributed by atoms with E-state index in [2.05, 4.69) is 31.2 Å². The molecule has 1 fully saturated rings. The van der Waals surface area contributed by atoms with Gasteiger partial charge in [0, 0.05) is 56.2 Å². The molecule has 1 atom stereocenters. The maximum Gasteiger partial charge on any atom is 0.243 e. The molecule has 2 aliphatic rings. The van der Waals surface area contributed by atoms with Gasteiger partial charge in [0.15, 0.2) is 0 Å². The lowest BCUT2D eigenvalue weighted by atomic mass is 9.95. The fraction of sp³-hybridized carbons (Fsp3) is 0.310. The molecule has 2 aromatic carbocycles. The Kier molecular flexibility index (Phi) is 6.85. The monoisotopic (exact) mass is 557 g/mol. The first-order valence-corrected chi connectivity index (χ1v) is 15.1. The second kappa shape index (κ2) is 10.5. The van der Waals surface area contributed by atoms with Crippen LogP contribution in [0.25, 0.3) is 10.9 Å². The fourth-order valence-electron chi connectivity index (χ4n) is 5.50. The number of amides is 1. The summed E-state index contributed by atoms with van der Waals surface area (Å²) in [4.78, 5) is 31.5. The lowest BCUT2D eigenvalue weighted by Crippen LogP contribution is -2.50. The number of aromatic nitrogens is 3. The molecule has 2 aliphatic heterocycles. The fourth-order valence-corrected chi connectivity index (χ4v) is 6.51. The number of nitrogens with zero attached hydrogens (tertiary/aromatic N) is 6. The minimum Gasteiger partial charge on any atom is -0.353 e. The first-order chi connectivity index (χ1) is 19.3. The van der Waals surface area contributed by atoms with E-state index in [1.807, 2.05) is 55.5 Å². The van der Waals surface area contributed by atoms with Crippen molar-refractivity contribution in [2.24, 2.45) is 0 Å². The molecule has 4 aromatic rings. The molecule has 6 rings (SSSR count). The zero-order valence-corrected chi connectivity index (χ0v) is 23.3. The van der Waals surface area contributed by atoms with Crippen LogP contribution >= 0.6 is 0 Å². The number of nitrogens with one attached hydrogen (secondary N) is 1. The van der Waals surface area contributed by atoms with Crippen LogP contribution in [0.4, 0.5) is 17.5 Å². The van der Waals surface area contributed by atoms with Crippen molar-refractivity contribution in [3.05, 3.63) is 83.7 Å². The minimum absolute atomic E-state index is 0.184. The van der Waals surface area contributed by atoms with E-state index in [1.165, 1.54) is 4.31 Å². The van der Waals surface area contributed by atoms with Crippen LogP contribution in [0, 0.1) is 6.92 Å². The number of carbonyl (C=O) groups is 1. The Labute approximate surface area is 233 Å². The first kappa shape index (κ1) is 26.1. The average Bonchev–Trinajstić information content (AvgIpc) is 2.97. The van der Waals surface area contributed by atoms with Crippen LogP contribution in [0.15, 0.2) is 67.0 Å². The summed E-state index contributed by atoms with van der Waals surface area (Å²) in [5.74, 6) is 1.32. The molecule has 1 unspecified atom stereocenters. The molecule has 2 aromatic heterocycles. The molecule has 0 saturated carbocycles. The highest BCUT2D eigenvalue weighted by Crippen LogP contribution is 2.29. The molecule has 11 heteroatoms. The van der Waals surface area contributed by atoms with Crippen molar-refractivity contribution in [3.8, 4) is 0 Å². The summed E-state index contributed by atoms with van der Waals surface area (Å²) in [6.07, 6.45) is 5.00. The van der Waals surface area contributed by atoms with Crippen molar-refractivity contribution in [1.29, 1.82) is 0 Å². The highest BCUT2D eigenvalue weighted by atomic mass is 32.2. The number of fused-ring (bicyclic) bond motifs is 2. The van der Waals surface area contributed by atoms with Gasteiger partial charge in [-0.3, -0.25) is 4.79 Å². The molecule has 4 heterocycles. The van der Waals surface area contributed by atoms with Gasteiger partial charge in [0.2, 0.25) is 21.9 Å². The molecule has 0 spiro atoms. The lowest BCUT2D eigenvalue weighted by Gasteiger charge is -2.35. The molecule has 1 N–H and O–H groups in total. The molecule has 10 nitrogen and oxygen atoms in total. The Morgan fingerprint density at radius 3 is 2.35 bits per heavy atom. The molecular weight excluding hydrogens is 526 g/mol. The highest BCUT2D eigenvalue weighted by Gasteiger charge is 2.36. The number of carbonyl (C=O) groups excluding carboxylic acids is 1. The summed E-state index contributed by atoms with van der Waals surface area (Å²) in [6.45, 7) is 5.46. The van der Waals surface area contributed by atoms with E-state index in [0.29, 0.717) is 12.1 Å². The summed E-state index contributed by atoms with van der Waals surface area (Å²) >= 11 is 0. The van der Waals surface area contributed by atoms with Crippen molar-refractivity contribution >= 4 is 44.3 Å². The first-order valence-electron chi connectivity index (χ1n) is 13.3. The van der Waals surface area contributed by atoms with E-state index in [-0.39, 0.29) is 12.5 Å². The summed E-state index contributed by atoms with van der Waals surface area (Å²) in [5.41, 5.74) is 4.42. The van der Waals surface area contributed by atoms with E-state index >= 15 is 0 Å². The number of aryl methyl sites for hydroxylation is 1. The van der Waals surface area contributed by atoms with E-state index < -0.39 is 16.1 Å². The van der Waals surface area contributed by atoms with E-state index in [4.69, 9.17) is 4.98 Å². The number of anilines is 3. The number of hydrogen-bond acceptors (Lipinski definition) is 8. The maximum absolute atomic E-state index is 13.4. The van der Waals surface area contributed by atoms with Crippen LogP contribution in [0.5, 0.6) is 0 Å². The van der Waals surface area contributed by atoms with Gasteiger partial charge < -0.3 is 15.1 Å². The number of hydrogen-bond donors (Lipinski definition) is 1. The summed E-state index contributed by atoms with van der Waals surface area (Å²) < 4.78 is 26.4. The van der Waals surface area contributed by atoms with Crippen molar-refractivity contribution in [2.75, 3.05) is 47.6 Å². The van der Waals surface area contributed by atoms with Gasteiger partial charge in [0.1, 0.15) is 11.9 Å². The van der Waals surface area contributed by atoms with Gasteiger partial charge in [0.25, 0.3) is 0 Å². The second-order valence-corrected chi connectivity index (χ2v) is 12.3. The van der Waals surface area contributed by atoms with Crippen molar-refractivity contribution in [1.82, 2.24) is 19.3 Å². The van der Waals surface area contributed by atoms with Crippen LogP contribution in [0.2, 0.25) is 0 Å². The molecule has 1 amide bonds. The van der Waals surface area contributed by atoms with Gasteiger partial charge in [-0.05, 0) is 60.4 Å². The highest BCUT2D eigenvalue weighted by molar-refractivity contribution is 7.88. The van der Waals surface area contributed by atoms with Crippen molar-refractivity contribution < 1.29 is 13.2 Å². The quantitative estimate of drug-likeness (QED) is 0.399. The molecule has 40 heavy (non-hydrogen) atoms. The zero-order valence-electron chi connectivity index (χ0n) is 22.5. The third-order valence-electron chi connectivity index (χ3n) is 7.64. The Morgan fingerprint density at radius 2 is 1.62 bits per heavy atom. The largest absolute Gasteiger partial charge is 0.353 e. The third-order valence-corrected chi connectivity index (χ3v) is 8.88. The van der Waals surface area contributed by atoms with Gasteiger partial charge in [-0.1, -0.05) is 24.3 Å². The molecule has 0 aliphatic carbocycles. The molecule has 1 saturated heterocycles. The van der Waals surface area contributed by atoms with E-state index in [1.54, 1.807) is 12.4 Å². The molecular formula is C29H31N7O3S. The Hall–Kier alpha value is -4.09. The van der Waals surface area contributed by atoms with Gasteiger partial charge in [-0.15, -0.1) is 0 Å². The van der Waals surface area contributed by atoms with E-state index in [0.717, 1.165) is 71.8 Å². The Bertz CT molecular complexity index is 1670. The van der Waals surface area contributed by atoms with Crippen LogP contribution < -0.4 is 15.1 Å². The predicted octanol–water partition coefficient (Wildman–Crippen LogP) is 2.98. The van der Waals surface area contributed by atoms with Gasteiger partial charge in [-0.2, -0.15) is 4.31 Å². The zero-order chi connectivity index (χ0) is 27.9. The lowest BCUT2D eigenvalue weighted by molar-refractivity contribution is -0.120. The van der Waals surface area contributed by atoms with Crippen LogP contribution in [-0.2, 0) is 27.8 Å². The third kappa shape index (κ3) is 5.22. The second-order valence-electron chi connectivity index (χ2n) is 10.3. The summed E-state index contributed by atoms with van der Waals surface area (Å²) in [7, 11) is -3.58. The van der Waals surface area contributed by atoms with Crippen LogP contribution in [0.3, 0.4) is 0 Å². The number of benzene rings is 2. The Balaban J connectivity index is 1.19. The molecule has 206 valence electrons. The minimum atomic E-state index is -3.58. The van der Waals surface area contributed by atoms with Gasteiger partial charge >= 0.3 is 0 Å². The number of rotatable bonds is 5. The SMILES string of the molecule is Cc1cc(N2CCN(c3ncccn3)CC2)nc2ccc(NC(=O)C3Cc4ccccc4CN3S(C)(=O)=O)cc12. The number of pyridine rings is 1. The van der Waals surface area contributed by atoms with Gasteiger partial charge in [-0.25, -0.2) is 23.4 Å². The number of sulfonamides is 1. The van der Waals surface area contributed by atoms with Gasteiger partial charge in [0.05, 0.1) is 11.8 Å². The summed E-state index contributed by atoms with van der Waals surface area (Å²) in [5, 5.41) is 3.90. The van der Waals surface area contributed by atoms with Crippen LogP contribution in [0.1, 0.15) is 16.7 Å². The normalized spacial score (nSPS) is 18.0. The average molecular weight is 558 g/mol.